The standard InChI is InChI=1S/C26H18F4N6O2/c1-14(37)21-12-22-18(13-33-21)24(36(35-22)15-6-3-2-4-7-15)34-25(38)17-10-16(23-31-8-5-9-32-23)19(11-20(17)27)26(28,29)30/h2-14,37H,1H3,(H,34,38)/t14-/m1/s1. The topological polar surface area (TPSA) is 106 Å². The van der Waals surface area contributed by atoms with Gasteiger partial charge in [0.05, 0.1) is 39.5 Å². The van der Waals surface area contributed by atoms with Crippen molar-refractivity contribution in [2.75, 3.05) is 5.32 Å². The summed E-state index contributed by atoms with van der Waals surface area (Å²) < 4.78 is 57.5. The number of nitrogens with one attached hydrogen (secondary N) is 1. The number of fused-ring (bicyclic) bond motifs is 1. The Kier molecular flexibility index (Phi) is 6.33. The Labute approximate surface area is 212 Å². The number of aliphatic hydroxyl groups is 1. The van der Waals surface area contributed by atoms with Crippen LogP contribution in [-0.2, 0) is 6.18 Å². The molecule has 1 atom stereocenters. The van der Waals surface area contributed by atoms with Gasteiger partial charge in [0, 0.05) is 24.2 Å². The highest BCUT2D eigenvalue weighted by molar-refractivity contribution is 6.09. The number of amides is 1. The molecule has 8 nitrogen and oxygen atoms in total. The number of anilines is 1. The molecule has 0 aliphatic rings. The average molecular weight is 522 g/mol. The van der Waals surface area contributed by atoms with Gasteiger partial charge < -0.3 is 10.4 Å². The van der Waals surface area contributed by atoms with Crippen LogP contribution in [0.5, 0.6) is 0 Å². The van der Waals surface area contributed by atoms with Gasteiger partial charge in [-0.05, 0) is 43.3 Å². The molecule has 0 radical (unpaired) electrons. The molecule has 0 spiro atoms. The Morgan fingerprint density at radius 3 is 2.39 bits per heavy atom. The molecular formula is C26H18F4N6O2. The normalized spacial score (nSPS) is 12.5. The number of alkyl halides is 3. The van der Waals surface area contributed by atoms with Gasteiger partial charge in [-0.2, -0.15) is 18.3 Å². The Morgan fingerprint density at radius 2 is 1.74 bits per heavy atom. The molecular weight excluding hydrogens is 504 g/mol. The predicted octanol–water partition coefficient (Wildman–Crippen LogP) is 5.34. The number of aliphatic hydroxyl groups excluding tert-OH is 1. The van der Waals surface area contributed by atoms with E-state index in [4.69, 9.17) is 0 Å². The molecule has 0 aliphatic carbocycles. The minimum Gasteiger partial charge on any atom is -0.387 e. The zero-order chi connectivity index (χ0) is 27.0. The molecule has 0 saturated carbocycles. The number of pyridine rings is 1. The maximum Gasteiger partial charge on any atom is 0.417 e. The van der Waals surface area contributed by atoms with Crippen molar-refractivity contribution in [2.45, 2.75) is 19.2 Å². The van der Waals surface area contributed by atoms with E-state index in [0.29, 0.717) is 22.3 Å². The SMILES string of the molecule is C[C@@H](O)c1cc2nn(-c3ccccc3)c(NC(=O)c3cc(-c4ncccn4)c(C(F)(F)F)cc3F)c2cn1. The van der Waals surface area contributed by atoms with Gasteiger partial charge >= 0.3 is 6.18 Å². The number of halogens is 4. The third-order valence-electron chi connectivity index (χ3n) is 5.70. The first-order chi connectivity index (χ1) is 18.1. The summed E-state index contributed by atoms with van der Waals surface area (Å²) in [5.74, 6) is -2.60. The molecule has 2 aromatic carbocycles. The summed E-state index contributed by atoms with van der Waals surface area (Å²) in [5, 5.41) is 17.3. The molecule has 38 heavy (non-hydrogen) atoms. The van der Waals surface area contributed by atoms with Crippen LogP contribution in [0.1, 0.15) is 34.6 Å². The van der Waals surface area contributed by atoms with Crippen molar-refractivity contribution in [3.05, 3.63) is 95.8 Å². The first-order valence-corrected chi connectivity index (χ1v) is 11.2. The van der Waals surface area contributed by atoms with Gasteiger partial charge in [0.25, 0.3) is 5.91 Å². The van der Waals surface area contributed by atoms with E-state index in [0.717, 1.165) is 6.07 Å². The highest BCUT2D eigenvalue weighted by atomic mass is 19.4. The lowest BCUT2D eigenvalue weighted by Gasteiger charge is -2.15. The fourth-order valence-electron chi connectivity index (χ4n) is 3.88. The third kappa shape index (κ3) is 4.68. The molecule has 0 unspecified atom stereocenters. The van der Waals surface area contributed by atoms with Crippen LogP contribution in [0.15, 0.2) is 73.2 Å². The molecule has 12 heteroatoms. The molecule has 1 amide bonds. The zero-order valence-electron chi connectivity index (χ0n) is 19.6. The fourth-order valence-corrected chi connectivity index (χ4v) is 3.88. The second-order valence-corrected chi connectivity index (χ2v) is 8.30. The minimum atomic E-state index is -4.92. The quantitative estimate of drug-likeness (QED) is 0.302. The van der Waals surface area contributed by atoms with Crippen LogP contribution in [0.2, 0.25) is 0 Å². The lowest BCUT2D eigenvalue weighted by molar-refractivity contribution is -0.137. The maximum absolute atomic E-state index is 15.0. The van der Waals surface area contributed by atoms with Crippen LogP contribution in [0.25, 0.3) is 28.0 Å². The van der Waals surface area contributed by atoms with E-state index in [1.807, 2.05) is 0 Å². The molecule has 2 N–H and O–H groups in total. The van der Waals surface area contributed by atoms with Gasteiger partial charge in [0.2, 0.25) is 0 Å². The first-order valence-electron chi connectivity index (χ1n) is 11.2. The molecule has 0 fully saturated rings. The highest BCUT2D eigenvalue weighted by Crippen LogP contribution is 2.38. The molecule has 5 rings (SSSR count). The summed E-state index contributed by atoms with van der Waals surface area (Å²) in [6, 6.07) is 12.7. The van der Waals surface area contributed by atoms with E-state index in [9.17, 15) is 27.5 Å². The summed E-state index contributed by atoms with van der Waals surface area (Å²) in [6.07, 6.45) is -1.92. The summed E-state index contributed by atoms with van der Waals surface area (Å²) in [6.45, 7) is 1.53. The minimum absolute atomic E-state index is 0.109. The van der Waals surface area contributed by atoms with Crippen molar-refractivity contribution in [1.82, 2.24) is 24.7 Å². The number of nitrogens with zero attached hydrogens (tertiary/aromatic N) is 5. The zero-order valence-corrected chi connectivity index (χ0v) is 19.6. The number of para-hydroxylation sites is 1. The van der Waals surface area contributed by atoms with E-state index in [1.54, 1.807) is 36.4 Å². The summed E-state index contributed by atoms with van der Waals surface area (Å²) in [4.78, 5) is 25.2. The highest BCUT2D eigenvalue weighted by Gasteiger charge is 2.36. The van der Waals surface area contributed by atoms with Crippen molar-refractivity contribution in [3.8, 4) is 17.1 Å². The number of benzene rings is 2. The van der Waals surface area contributed by atoms with Gasteiger partial charge in [0.1, 0.15) is 11.6 Å². The van der Waals surface area contributed by atoms with Gasteiger partial charge in [-0.15, -0.1) is 0 Å². The van der Waals surface area contributed by atoms with Gasteiger partial charge in [-0.1, -0.05) is 18.2 Å². The van der Waals surface area contributed by atoms with Crippen LogP contribution in [0.4, 0.5) is 23.4 Å². The van der Waals surface area contributed by atoms with Crippen molar-refractivity contribution >= 4 is 22.6 Å². The van der Waals surface area contributed by atoms with Crippen LogP contribution in [0, 0.1) is 5.82 Å². The van der Waals surface area contributed by atoms with Gasteiger partial charge in [-0.25, -0.2) is 19.0 Å². The number of hydrogen-bond donors (Lipinski definition) is 2. The van der Waals surface area contributed by atoms with Crippen molar-refractivity contribution in [1.29, 1.82) is 0 Å². The Balaban J connectivity index is 1.63. The molecule has 5 aromatic rings. The maximum atomic E-state index is 15.0. The van der Waals surface area contributed by atoms with E-state index in [2.05, 4.69) is 25.4 Å². The van der Waals surface area contributed by atoms with Crippen LogP contribution < -0.4 is 5.32 Å². The van der Waals surface area contributed by atoms with Gasteiger partial charge in [0.15, 0.2) is 5.82 Å². The van der Waals surface area contributed by atoms with Crippen molar-refractivity contribution in [2.24, 2.45) is 0 Å². The Bertz CT molecular complexity index is 1640. The average Bonchev–Trinajstić information content (AvgIpc) is 3.26. The number of hydrogen-bond acceptors (Lipinski definition) is 6. The molecule has 3 aromatic heterocycles. The number of carbonyl (C=O) groups is 1. The molecule has 0 aliphatic heterocycles. The van der Waals surface area contributed by atoms with Crippen LogP contribution >= 0.6 is 0 Å². The largest absolute Gasteiger partial charge is 0.417 e. The predicted molar refractivity (Wildman–Crippen MR) is 130 cm³/mol. The van der Waals surface area contributed by atoms with Crippen molar-refractivity contribution < 1.29 is 27.5 Å². The number of rotatable bonds is 5. The van der Waals surface area contributed by atoms with E-state index in [1.165, 1.54) is 36.3 Å². The molecule has 0 bridgehead atoms. The second kappa shape index (κ2) is 9.63. The van der Waals surface area contributed by atoms with E-state index >= 15 is 0 Å². The second-order valence-electron chi connectivity index (χ2n) is 8.30. The summed E-state index contributed by atoms with van der Waals surface area (Å²) >= 11 is 0. The fraction of sp³-hybridized carbons (Fsp3) is 0.115. The Hall–Kier alpha value is -4.71. The molecule has 192 valence electrons. The van der Waals surface area contributed by atoms with Gasteiger partial charge in [-0.3, -0.25) is 9.78 Å². The third-order valence-corrected chi connectivity index (χ3v) is 5.70. The molecule has 3 heterocycles. The van der Waals surface area contributed by atoms with Crippen LogP contribution in [-0.4, -0.2) is 35.7 Å². The van der Waals surface area contributed by atoms with E-state index in [-0.39, 0.29) is 17.7 Å². The monoisotopic (exact) mass is 522 g/mol. The lowest BCUT2D eigenvalue weighted by atomic mass is 10.0. The number of carbonyl (C=O) groups excluding carboxylic acids is 1. The molecule has 0 saturated heterocycles. The van der Waals surface area contributed by atoms with Crippen LogP contribution in [0.3, 0.4) is 0 Å². The smallest absolute Gasteiger partial charge is 0.387 e. The Morgan fingerprint density at radius 1 is 1.03 bits per heavy atom. The van der Waals surface area contributed by atoms with Crippen molar-refractivity contribution in [3.63, 3.8) is 0 Å². The summed E-state index contributed by atoms with van der Waals surface area (Å²) in [5.41, 5.74) is -1.25. The number of aromatic nitrogens is 5. The van der Waals surface area contributed by atoms with E-state index < -0.39 is 40.7 Å². The first kappa shape index (κ1) is 25.0. The lowest BCUT2D eigenvalue weighted by Crippen LogP contribution is -2.18. The summed E-state index contributed by atoms with van der Waals surface area (Å²) in [7, 11) is 0.